The van der Waals surface area contributed by atoms with Crippen LogP contribution in [-0.4, -0.2) is 25.7 Å². The molecule has 0 aliphatic carbocycles. The van der Waals surface area contributed by atoms with Crippen LogP contribution in [0.2, 0.25) is 5.02 Å². The van der Waals surface area contributed by atoms with Crippen molar-refractivity contribution in [3.8, 4) is 6.07 Å². The Morgan fingerprint density at radius 2 is 2.20 bits per heavy atom. The fourth-order valence-corrected chi connectivity index (χ4v) is 2.46. The fourth-order valence-electron chi connectivity index (χ4n) is 2.23. The van der Waals surface area contributed by atoms with Crippen LogP contribution in [0.4, 0.5) is 5.69 Å². The zero-order chi connectivity index (χ0) is 14.6. The van der Waals surface area contributed by atoms with E-state index < -0.39 is 5.41 Å². The normalized spacial score (nSPS) is 17.2. The van der Waals surface area contributed by atoms with E-state index in [1.165, 1.54) is 0 Å². The Hall–Kier alpha value is -1.61. The van der Waals surface area contributed by atoms with Gasteiger partial charge in [0.1, 0.15) is 6.07 Å². The van der Waals surface area contributed by atoms with Crippen LogP contribution in [0.15, 0.2) is 18.2 Å². The van der Waals surface area contributed by atoms with Gasteiger partial charge >= 0.3 is 0 Å². The van der Waals surface area contributed by atoms with Crippen LogP contribution >= 0.6 is 11.6 Å². The van der Waals surface area contributed by atoms with E-state index in [1.54, 1.807) is 18.2 Å². The predicted octanol–water partition coefficient (Wildman–Crippen LogP) is 1.91. The highest BCUT2D eigenvalue weighted by Gasteiger charge is 2.38. The van der Waals surface area contributed by atoms with Crippen LogP contribution in [0.5, 0.6) is 0 Å². The number of nitrogens with one attached hydrogen (secondary N) is 1. The molecule has 0 radical (unpaired) electrons. The molecule has 1 fully saturated rings. The van der Waals surface area contributed by atoms with Gasteiger partial charge in [-0.25, -0.2) is 0 Å². The summed E-state index contributed by atoms with van der Waals surface area (Å²) in [7, 11) is 0. The second-order valence-corrected chi connectivity index (χ2v) is 5.26. The fraction of sp³-hybridized carbons (Fsp3) is 0.429. The third-order valence-corrected chi connectivity index (χ3v) is 3.98. The topological polar surface area (TPSA) is 88.1 Å². The van der Waals surface area contributed by atoms with Gasteiger partial charge in [0.05, 0.1) is 16.0 Å². The van der Waals surface area contributed by atoms with E-state index in [0.717, 1.165) is 0 Å². The Morgan fingerprint density at radius 3 is 2.75 bits per heavy atom. The smallest absolute Gasteiger partial charge is 0.232 e. The monoisotopic (exact) mass is 293 g/mol. The van der Waals surface area contributed by atoms with Gasteiger partial charge in [0.15, 0.2) is 0 Å². The van der Waals surface area contributed by atoms with E-state index in [4.69, 9.17) is 27.3 Å². The van der Waals surface area contributed by atoms with Crippen LogP contribution in [-0.2, 0) is 9.53 Å². The summed E-state index contributed by atoms with van der Waals surface area (Å²) in [6.45, 7) is 1.36. The molecule has 0 aromatic heterocycles. The van der Waals surface area contributed by atoms with E-state index in [1.807, 2.05) is 6.07 Å². The Kier molecular flexibility index (Phi) is 4.61. The van der Waals surface area contributed by atoms with Crippen LogP contribution in [0.25, 0.3) is 0 Å². The molecule has 5 nitrogen and oxygen atoms in total. The number of halogens is 1. The third-order valence-electron chi connectivity index (χ3n) is 3.67. The number of amides is 1. The standard InChI is InChI=1S/C14H16ClN3O2/c15-12-7-11(2-1-10(12)8-16)18-13(19)14(9-17)3-5-20-6-4-14/h1-2,7H,3-6,9,17H2,(H,18,19). The van der Waals surface area contributed by atoms with Crippen molar-refractivity contribution in [2.75, 3.05) is 25.1 Å². The number of anilines is 1. The van der Waals surface area contributed by atoms with E-state index in [9.17, 15) is 4.79 Å². The molecule has 0 saturated carbocycles. The van der Waals surface area contributed by atoms with Gasteiger partial charge in [-0.05, 0) is 31.0 Å². The second-order valence-electron chi connectivity index (χ2n) is 4.86. The minimum atomic E-state index is -0.585. The second kappa shape index (κ2) is 6.23. The van der Waals surface area contributed by atoms with Crippen molar-refractivity contribution in [2.24, 2.45) is 11.1 Å². The van der Waals surface area contributed by atoms with Crippen LogP contribution in [0, 0.1) is 16.7 Å². The molecule has 0 bridgehead atoms. The highest BCUT2D eigenvalue weighted by Crippen LogP contribution is 2.31. The first-order valence-corrected chi connectivity index (χ1v) is 6.78. The van der Waals surface area contributed by atoms with Crippen LogP contribution in [0.3, 0.4) is 0 Å². The molecule has 20 heavy (non-hydrogen) atoms. The lowest BCUT2D eigenvalue weighted by Gasteiger charge is -2.34. The molecule has 6 heteroatoms. The molecule has 1 heterocycles. The van der Waals surface area contributed by atoms with Crippen molar-refractivity contribution in [1.82, 2.24) is 0 Å². The lowest BCUT2D eigenvalue weighted by atomic mass is 9.79. The number of rotatable bonds is 3. The van der Waals surface area contributed by atoms with E-state index in [-0.39, 0.29) is 12.5 Å². The highest BCUT2D eigenvalue weighted by molar-refractivity contribution is 6.32. The average Bonchev–Trinajstić information content (AvgIpc) is 2.48. The number of nitrogens with zero attached hydrogens (tertiary/aromatic N) is 1. The van der Waals surface area contributed by atoms with Crippen molar-refractivity contribution < 1.29 is 9.53 Å². The first-order chi connectivity index (χ1) is 9.61. The number of benzene rings is 1. The van der Waals surface area contributed by atoms with E-state index in [2.05, 4.69) is 5.32 Å². The Morgan fingerprint density at radius 1 is 1.50 bits per heavy atom. The molecule has 3 N–H and O–H groups in total. The lowest BCUT2D eigenvalue weighted by Crippen LogP contribution is -2.46. The molecular weight excluding hydrogens is 278 g/mol. The summed E-state index contributed by atoms with van der Waals surface area (Å²) in [5.41, 5.74) is 6.14. The maximum Gasteiger partial charge on any atom is 0.232 e. The number of carbonyl (C=O) groups excluding carboxylic acids is 1. The molecule has 0 atom stereocenters. The maximum atomic E-state index is 12.4. The van der Waals surface area contributed by atoms with Gasteiger partial charge in [-0.2, -0.15) is 5.26 Å². The van der Waals surface area contributed by atoms with E-state index in [0.29, 0.717) is 42.3 Å². The molecule has 0 unspecified atom stereocenters. The van der Waals surface area contributed by atoms with Gasteiger partial charge in [-0.1, -0.05) is 11.6 Å². The molecule has 106 valence electrons. The number of hydrogen-bond acceptors (Lipinski definition) is 4. The van der Waals surface area contributed by atoms with Gasteiger partial charge in [-0.3, -0.25) is 4.79 Å². The molecular formula is C14H16ClN3O2. The predicted molar refractivity (Wildman–Crippen MR) is 76.3 cm³/mol. The quantitative estimate of drug-likeness (QED) is 0.891. The van der Waals surface area contributed by atoms with Crippen molar-refractivity contribution in [1.29, 1.82) is 5.26 Å². The lowest BCUT2D eigenvalue weighted by molar-refractivity contribution is -0.130. The average molecular weight is 294 g/mol. The summed E-state index contributed by atoms with van der Waals surface area (Å²) < 4.78 is 5.28. The molecule has 1 saturated heterocycles. The maximum absolute atomic E-state index is 12.4. The first-order valence-electron chi connectivity index (χ1n) is 6.40. The van der Waals surface area contributed by atoms with Crippen molar-refractivity contribution in [3.63, 3.8) is 0 Å². The number of ether oxygens (including phenoxy) is 1. The molecule has 1 aromatic rings. The number of hydrogen-bond donors (Lipinski definition) is 2. The summed E-state index contributed by atoms with van der Waals surface area (Å²) in [6.07, 6.45) is 1.22. The zero-order valence-electron chi connectivity index (χ0n) is 11.0. The largest absolute Gasteiger partial charge is 0.381 e. The van der Waals surface area contributed by atoms with Crippen molar-refractivity contribution >= 4 is 23.2 Å². The molecule has 1 aromatic carbocycles. The van der Waals surface area contributed by atoms with Gasteiger partial charge in [0.2, 0.25) is 5.91 Å². The summed E-state index contributed by atoms with van der Waals surface area (Å²) in [6, 6.07) is 6.79. The number of nitrogens with two attached hydrogens (primary N) is 1. The molecule has 1 amide bonds. The van der Waals surface area contributed by atoms with E-state index >= 15 is 0 Å². The molecule has 0 spiro atoms. The third kappa shape index (κ3) is 2.93. The minimum absolute atomic E-state index is 0.121. The van der Waals surface area contributed by atoms with Gasteiger partial charge in [0.25, 0.3) is 0 Å². The van der Waals surface area contributed by atoms with Gasteiger partial charge in [0, 0.05) is 25.4 Å². The van der Waals surface area contributed by atoms with Crippen LogP contribution in [0.1, 0.15) is 18.4 Å². The Bertz CT molecular complexity index is 548. The Labute approximate surface area is 122 Å². The molecule has 1 aliphatic rings. The van der Waals surface area contributed by atoms with Crippen LogP contribution < -0.4 is 11.1 Å². The first kappa shape index (κ1) is 14.8. The van der Waals surface area contributed by atoms with Crippen molar-refractivity contribution in [2.45, 2.75) is 12.8 Å². The highest BCUT2D eigenvalue weighted by atomic mass is 35.5. The molecule has 1 aliphatic heterocycles. The zero-order valence-corrected chi connectivity index (χ0v) is 11.7. The summed E-state index contributed by atoms with van der Waals surface area (Å²) >= 11 is 5.95. The summed E-state index contributed by atoms with van der Waals surface area (Å²) in [4.78, 5) is 12.4. The summed E-state index contributed by atoms with van der Waals surface area (Å²) in [5.74, 6) is -0.121. The van der Waals surface area contributed by atoms with Crippen molar-refractivity contribution in [3.05, 3.63) is 28.8 Å². The van der Waals surface area contributed by atoms with Gasteiger partial charge < -0.3 is 15.8 Å². The minimum Gasteiger partial charge on any atom is -0.381 e. The van der Waals surface area contributed by atoms with Gasteiger partial charge in [-0.15, -0.1) is 0 Å². The number of carbonyl (C=O) groups is 1. The summed E-state index contributed by atoms with van der Waals surface area (Å²) in [5, 5.41) is 12.0. The Balaban J connectivity index is 2.14. The SMILES string of the molecule is N#Cc1ccc(NC(=O)C2(CN)CCOCC2)cc1Cl. The molecule has 2 rings (SSSR count). The number of nitriles is 1.